The third kappa shape index (κ3) is 10.5. The molecular formula is C15H26F3NO3S. The van der Waals surface area contributed by atoms with Gasteiger partial charge in [-0.25, -0.2) is 8.42 Å². The van der Waals surface area contributed by atoms with Gasteiger partial charge in [0, 0.05) is 11.6 Å². The Balaban J connectivity index is 0.000000515. The summed E-state index contributed by atoms with van der Waals surface area (Å²) in [7, 11) is -6.09. The van der Waals surface area contributed by atoms with Crippen molar-refractivity contribution in [2.24, 2.45) is 0 Å². The average Bonchev–Trinajstić information content (AvgIpc) is 2.85. The first-order valence-corrected chi connectivity index (χ1v) is 9.29. The molecule has 0 bridgehead atoms. The molecule has 23 heavy (non-hydrogen) atoms. The summed E-state index contributed by atoms with van der Waals surface area (Å²) in [4.78, 5) is 1.55. The van der Waals surface area contributed by atoms with Crippen LogP contribution in [0.1, 0.15) is 58.8 Å². The Morgan fingerprint density at radius 1 is 1.09 bits per heavy atom. The standard InChI is InChI=1S/C14H25N.CHF3O3S/c1-3-5-6-7-8-11-15-12-10-14(13-15)9-4-2;2-1(3,4)8(5,6)7/h10,12-13H,3-9,11H2,1-2H3;(H,5,6,7). The van der Waals surface area contributed by atoms with Crippen LogP contribution in [0.25, 0.3) is 0 Å². The minimum absolute atomic E-state index is 1.25. The highest BCUT2D eigenvalue weighted by atomic mass is 32.2. The third-order valence-corrected chi connectivity index (χ3v) is 3.84. The second-order valence-electron chi connectivity index (χ2n) is 5.44. The summed E-state index contributed by atoms with van der Waals surface area (Å²) < 4.78 is 58.9. The van der Waals surface area contributed by atoms with Crippen LogP contribution in [0.15, 0.2) is 24.0 Å². The normalized spacial score (nSPS) is 17.7. The zero-order chi connectivity index (χ0) is 17.9. The van der Waals surface area contributed by atoms with E-state index >= 15 is 0 Å². The molecule has 0 aromatic heterocycles. The van der Waals surface area contributed by atoms with Gasteiger partial charge < -0.3 is 4.55 Å². The molecule has 0 spiro atoms. The topological polar surface area (TPSA) is 61.6 Å². The van der Waals surface area contributed by atoms with Crippen LogP contribution in [0, 0.1) is 0 Å². The van der Waals surface area contributed by atoms with Gasteiger partial charge in [-0.1, -0.05) is 39.5 Å². The minimum Gasteiger partial charge on any atom is -0.741 e. The van der Waals surface area contributed by atoms with Crippen molar-refractivity contribution in [2.45, 2.75) is 64.3 Å². The molecule has 0 amide bonds. The van der Waals surface area contributed by atoms with Gasteiger partial charge in [0.2, 0.25) is 0 Å². The lowest BCUT2D eigenvalue weighted by Gasteiger charge is -2.08. The first-order valence-electron chi connectivity index (χ1n) is 7.88. The van der Waals surface area contributed by atoms with Crippen LogP contribution in [0.4, 0.5) is 13.2 Å². The Bertz CT molecular complexity index is 485. The smallest absolute Gasteiger partial charge is 0.485 e. The van der Waals surface area contributed by atoms with Gasteiger partial charge in [-0.3, -0.25) is 4.90 Å². The van der Waals surface area contributed by atoms with E-state index in [4.69, 9.17) is 13.0 Å². The van der Waals surface area contributed by atoms with Gasteiger partial charge in [0.25, 0.3) is 0 Å². The van der Waals surface area contributed by atoms with Crippen LogP contribution in [0.3, 0.4) is 0 Å². The summed E-state index contributed by atoms with van der Waals surface area (Å²) in [5, 5.41) is 0. The summed E-state index contributed by atoms with van der Waals surface area (Å²) in [6.07, 6.45) is 16.4. The predicted octanol–water partition coefficient (Wildman–Crippen LogP) is 3.10. The maximum absolute atomic E-state index is 10.7. The first-order chi connectivity index (χ1) is 10.6. The first kappa shape index (κ1) is 22.1. The number of hydrogen-bond donors (Lipinski definition) is 1. The lowest BCUT2D eigenvalue weighted by molar-refractivity contribution is -0.788. The summed E-state index contributed by atoms with van der Waals surface area (Å²) in [6.45, 7) is 5.80. The molecule has 1 aliphatic heterocycles. The van der Waals surface area contributed by atoms with E-state index in [1.165, 1.54) is 57.1 Å². The molecule has 0 aromatic carbocycles. The van der Waals surface area contributed by atoms with E-state index < -0.39 is 15.6 Å². The van der Waals surface area contributed by atoms with Gasteiger partial charge in [0.15, 0.2) is 10.1 Å². The lowest BCUT2D eigenvalue weighted by Crippen LogP contribution is -3.01. The van der Waals surface area contributed by atoms with E-state index in [9.17, 15) is 13.2 Å². The monoisotopic (exact) mass is 357 g/mol. The zero-order valence-corrected chi connectivity index (χ0v) is 14.5. The molecule has 1 unspecified atom stereocenters. The number of alkyl halides is 3. The van der Waals surface area contributed by atoms with Crippen molar-refractivity contribution < 1.29 is 31.0 Å². The summed E-state index contributed by atoms with van der Waals surface area (Å²) in [6, 6.07) is 0. The number of unbranched alkanes of at least 4 members (excludes halogenated alkanes) is 4. The fourth-order valence-corrected chi connectivity index (χ4v) is 2.08. The maximum Gasteiger partial charge on any atom is 0.485 e. The number of allylic oxidation sites excluding steroid dienone is 2. The van der Waals surface area contributed by atoms with Gasteiger partial charge in [0.05, 0.1) is 12.7 Å². The van der Waals surface area contributed by atoms with E-state index in [1.807, 2.05) is 0 Å². The second-order valence-corrected chi connectivity index (χ2v) is 6.81. The number of quaternary nitrogens is 1. The van der Waals surface area contributed by atoms with Crippen LogP contribution < -0.4 is 4.90 Å². The number of nitrogens with one attached hydrogen (secondary N) is 1. The van der Waals surface area contributed by atoms with Crippen LogP contribution in [0.5, 0.6) is 0 Å². The number of halogens is 3. The zero-order valence-electron chi connectivity index (χ0n) is 13.7. The Hall–Kier alpha value is -0.860. The van der Waals surface area contributed by atoms with Crippen LogP contribution in [-0.4, -0.2) is 25.0 Å². The van der Waals surface area contributed by atoms with Crippen molar-refractivity contribution in [3.8, 4) is 0 Å². The molecule has 0 aliphatic carbocycles. The summed E-state index contributed by atoms with van der Waals surface area (Å²) >= 11 is 0. The number of hydrogen-bond acceptors (Lipinski definition) is 3. The molecule has 136 valence electrons. The fourth-order valence-electron chi connectivity index (χ4n) is 2.08. The summed E-state index contributed by atoms with van der Waals surface area (Å²) in [5.41, 5.74) is -4.12. The lowest BCUT2D eigenvalue weighted by atomic mass is 10.1. The summed E-state index contributed by atoms with van der Waals surface area (Å²) in [5.74, 6) is 0. The molecule has 1 rings (SSSR count). The molecular weight excluding hydrogens is 331 g/mol. The third-order valence-electron chi connectivity index (χ3n) is 3.27. The number of rotatable bonds is 8. The SMILES string of the molecule is CCCCCCC[NH+]1C=CC(CCC)=C1.O=S(=O)([O-])C(F)(F)F. The molecule has 0 radical (unpaired) electrons. The predicted molar refractivity (Wildman–Crippen MR) is 82.5 cm³/mol. The Morgan fingerprint density at radius 3 is 2.13 bits per heavy atom. The van der Waals surface area contributed by atoms with Gasteiger partial charge in [-0.15, -0.1) is 0 Å². The molecule has 8 heteroatoms. The second kappa shape index (κ2) is 10.8. The van der Waals surface area contributed by atoms with Crippen molar-refractivity contribution >= 4 is 10.1 Å². The van der Waals surface area contributed by atoms with Gasteiger partial charge in [0.1, 0.15) is 6.20 Å². The Morgan fingerprint density at radius 2 is 1.65 bits per heavy atom. The quantitative estimate of drug-likeness (QED) is 0.412. The molecule has 4 nitrogen and oxygen atoms in total. The van der Waals surface area contributed by atoms with Gasteiger partial charge in [-0.05, 0) is 19.3 Å². The highest BCUT2D eigenvalue weighted by molar-refractivity contribution is 7.86. The van der Waals surface area contributed by atoms with Gasteiger partial charge >= 0.3 is 5.51 Å². The largest absolute Gasteiger partial charge is 0.741 e. The van der Waals surface area contributed by atoms with E-state index in [2.05, 4.69) is 32.3 Å². The van der Waals surface area contributed by atoms with E-state index in [0.29, 0.717) is 0 Å². The van der Waals surface area contributed by atoms with Crippen LogP contribution >= 0.6 is 0 Å². The van der Waals surface area contributed by atoms with Crippen molar-refractivity contribution in [3.05, 3.63) is 24.0 Å². The highest BCUT2D eigenvalue weighted by Gasteiger charge is 2.36. The van der Waals surface area contributed by atoms with E-state index in [1.54, 1.807) is 4.90 Å². The maximum atomic E-state index is 10.7. The minimum atomic E-state index is -6.09. The van der Waals surface area contributed by atoms with Gasteiger partial charge in [-0.2, -0.15) is 13.2 Å². The van der Waals surface area contributed by atoms with Crippen LogP contribution in [0.2, 0.25) is 0 Å². The van der Waals surface area contributed by atoms with Crippen molar-refractivity contribution in [1.29, 1.82) is 0 Å². The van der Waals surface area contributed by atoms with Crippen molar-refractivity contribution in [3.63, 3.8) is 0 Å². The molecule has 0 aromatic rings. The van der Waals surface area contributed by atoms with Crippen LogP contribution in [-0.2, 0) is 10.1 Å². The van der Waals surface area contributed by atoms with Crippen molar-refractivity contribution in [2.75, 3.05) is 6.54 Å². The molecule has 1 aliphatic rings. The average molecular weight is 357 g/mol. The fraction of sp³-hybridized carbons (Fsp3) is 0.733. The molecule has 0 saturated heterocycles. The molecule has 1 N–H and O–H groups in total. The van der Waals surface area contributed by atoms with E-state index in [-0.39, 0.29) is 0 Å². The molecule has 1 atom stereocenters. The Labute approximate surface area is 136 Å². The Kier molecular flexibility index (Phi) is 10.4. The molecule has 0 fully saturated rings. The van der Waals surface area contributed by atoms with E-state index in [0.717, 1.165) is 0 Å². The highest BCUT2D eigenvalue weighted by Crippen LogP contribution is 2.20. The molecule has 0 saturated carbocycles. The van der Waals surface area contributed by atoms with Crippen molar-refractivity contribution in [1.82, 2.24) is 0 Å². The molecule has 1 heterocycles.